The third-order valence-corrected chi connectivity index (χ3v) is 1.26. The molecule has 0 saturated heterocycles. The molecule has 0 atom stereocenters. The van der Waals surface area contributed by atoms with E-state index in [4.69, 9.17) is 0 Å². The van der Waals surface area contributed by atoms with Gasteiger partial charge in [-0.3, -0.25) is 4.90 Å². The molecule has 0 saturated carbocycles. The van der Waals surface area contributed by atoms with Crippen molar-refractivity contribution in [3.05, 3.63) is 0 Å². The largest absolute Gasteiger partial charge is 0.278 e. The van der Waals surface area contributed by atoms with Gasteiger partial charge in [-0.15, -0.1) is 0 Å². The number of rotatable bonds is 5. The quantitative estimate of drug-likeness (QED) is 0.517. The van der Waals surface area contributed by atoms with Crippen LogP contribution in [0.3, 0.4) is 0 Å². The minimum atomic E-state index is -0.0400. The van der Waals surface area contributed by atoms with Crippen molar-refractivity contribution in [3.8, 4) is 0 Å². The average Bonchev–Trinajstić information content (AvgIpc) is 1.88. The molecule has 0 fully saturated rings. The van der Waals surface area contributed by atoms with Gasteiger partial charge in [0.2, 0.25) is 0 Å². The molecule has 0 aromatic heterocycles. The zero-order valence-corrected chi connectivity index (χ0v) is 6.39. The summed E-state index contributed by atoms with van der Waals surface area (Å²) in [5.74, 6) is 0. The van der Waals surface area contributed by atoms with Crippen LogP contribution in [-0.4, -0.2) is 24.7 Å². The Balaban J connectivity index is 3.18. The lowest BCUT2D eigenvalue weighted by Crippen LogP contribution is -2.25. The Hall–Kier alpha value is -0.0800. The fourth-order valence-electron chi connectivity index (χ4n) is 0.873. The van der Waals surface area contributed by atoms with Crippen LogP contribution in [0.25, 0.3) is 0 Å². The topological polar surface area (TPSA) is 23.1 Å². The molecule has 55 valence electrons. The first-order valence-electron chi connectivity index (χ1n) is 3.65. The van der Waals surface area contributed by atoms with Crippen molar-refractivity contribution in [3.63, 3.8) is 0 Å². The molecule has 0 bridgehead atoms. The van der Waals surface area contributed by atoms with Gasteiger partial charge in [0.15, 0.2) is 0 Å². The van der Waals surface area contributed by atoms with Gasteiger partial charge in [-0.05, 0) is 12.8 Å². The second-order valence-electron chi connectivity index (χ2n) is 2.25. The first-order chi connectivity index (χ1) is 4.35. The lowest BCUT2D eigenvalue weighted by molar-refractivity contribution is 0.0512. The minimum Gasteiger partial charge on any atom is -0.278 e. The van der Waals surface area contributed by atoms with Gasteiger partial charge in [-0.2, -0.15) is 0 Å². The first-order valence-corrected chi connectivity index (χ1v) is 3.65. The van der Waals surface area contributed by atoms with Crippen LogP contribution in [-0.2, 0) is 5.11 Å². The summed E-state index contributed by atoms with van der Waals surface area (Å²) in [5, 5.41) is 10.3. The van der Waals surface area contributed by atoms with Gasteiger partial charge in [0, 0.05) is 13.1 Å². The van der Waals surface area contributed by atoms with Crippen molar-refractivity contribution in [1.29, 1.82) is 0 Å². The van der Waals surface area contributed by atoms with Crippen LogP contribution in [0.1, 0.15) is 26.7 Å². The van der Waals surface area contributed by atoms with Gasteiger partial charge < -0.3 is 0 Å². The summed E-state index contributed by atoms with van der Waals surface area (Å²) in [6.07, 6.45) is 2.17. The Morgan fingerprint density at radius 2 is 1.56 bits per heavy atom. The molecule has 0 rings (SSSR count). The smallest absolute Gasteiger partial charge is 0.135 e. The fraction of sp³-hybridized carbons (Fsp3) is 1.00. The van der Waals surface area contributed by atoms with Gasteiger partial charge in [0.05, 0.1) is 0 Å². The third-order valence-electron chi connectivity index (χ3n) is 1.26. The SMILES string of the molecule is CCCN(C[O])CCC. The van der Waals surface area contributed by atoms with E-state index in [1.807, 2.05) is 4.90 Å². The van der Waals surface area contributed by atoms with Crippen LogP contribution in [0.5, 0.6) is 0 Å². The first kappa shape index (κ1) is 8.92. The minimum absolute atomic E-state index is 0.0400. The summed E-state index contributed by atoms with van der Waals surface area (Å²) >= 11 is 0. The molecule has 0 aliphatic heterocycles. The van der Waals surface area contributed by atoms with Crippen molar-refractivity contribution < 1.29 is 5.11 Å². The number of hydrogen-bond donors (Lipinski definition) is 0. The Morgan fingerprint density at radius 3 is 1.78 bits per heavy atom. The van der Waals surface area contributed by atoms with Crippen molar-refractivity contribution in [1.82, 2.24) is 4.90 Å². The van der Waals surface area contributed by atoms with Crippen molar-refractivity contribution in [2.24, 2.45) is 0 Å². The molecule has 2 heteroatoms. The second kappa shape index (κ2) is 6.05. The molecule has 9 heavy (non-hydrogen) atoms. The van der Waals surface area contributed by atoms with E-state index in [2.05, 4.69) is 13.8 Å². The summed E-state index contributed by atoms with van der Waals surface area (Å²) in [6.45, 7) is 6.06. The number of nitrogens with zero attached hydrogens (tertiary/aromatic N) is 1. The monoisotopic (exact) mass is 130 g/mol. The summed E-state index contributed by atoms with van der Waals surface area (Å²) in [5.41, 5.74) is 0. The highest BCUT2D eigenvalue weighted by Gasteiger charge is 1.97. The average molecular weight is 130 g/mol. The van der Waals surface area contributed by atoms with E-state index >= 15 is 0 Å². The molecule has 0 aliphatic carbocycles. The van der Waals surface area contributed by atoms with Gasteiger partial charge >= 0.3 is 0 Å². The third kappa shape index (κ3) is 4.43. The maximum atomic E-state index is 10.3. The molecule has 0 aromatic rings. The summed E-state index contributed by atoms with van der Waals surface area (Å²) < 4.78 is 0. The van der Waals surface area contributed by atoms with E-state index in [-0.39, 0.29) is 6.73 Å². The second-order valence-corrected chi connectivity index (χ2v) is 2.25. The Morgan fingerprint density at radius 1 is 1.11 bits per heavy atom. The standard InChI is InChI=1S/C7H16NO/c1-3-5-8(7-9)6-4-2/h3-7H2,1-2H3. The molecule has 0 spiro atoms. The van der Waals surface area contributed by atoms with Crippen LogP contribution >= 0.6 is 0 Å². The van der Waals surface area contributed by atoms with Gasteiger partial charge in [-0.25, -0.2) is 5.11 Å². The predicted octanol–water partition coefficient (Wildman–Crippen LogP) is 1.50. The molecule has 0 aromatic carbocycles. The lowest BCUT2D eigenvalue weighted by atomic mass is 10.4. The highest BCUT2D eigenvalue weighted by molar-refractivity contribution is 4.47. The van der Waals surface area contributed by atoms with Crippen LogP contribution < -0.4 is 0 Å². The molecule has 0 heterocycles. The van der Waals surface area contributed by atoms with Crippen molar-refractivity contribution in [2.45, 2.75) is 26.7 Å². The van der Waals surface area contributed by atoms with Crippen LogP contribution in [0, 0.1) is 0 Å². The maximum Gasteiger partial charge on any atom is 0.135 e. The molecular weight excluding hydrogens is 114 g/mol. The van der Waals surface area contributed by atoms with Gasteiger partial charge in [0.25, 0.3) is 0 Å². The summed E-state index contributed by atoms with van der Waals surface area (Å²) in [6, 6.07) is 0. The van der Waals surface area contributed by atoms with Crippen LogP contribution in [0.4, 0.5) is 0 Å². The molecule has 0 amide bonds. The van der Waals surface area contributed by atoms with Gasteiger partial charge in [0.1, 0.15) is 6.73 Å². The normalized spacial score (nSPS) is 10.7. The van der Waals surface area contributed by atoms with E-state index in [0.29, 0.717) is 0 Å². The van der Waals surface area contributed by atoms with Crippen LogP contribution in [0.2, 0.25) is 0 Å². The Kier molecular flexibility index (Phi) is 5.99. The van der Waals surface area contributed by atoms with E-state index in [1.165, 1.54) is 0 Å². The fourth-order valence-corrected chi connectivity index (χ4v) is 0.873. The zero-order valence-electron chi connectivity index (χ0n) is 6.39. The Labute approximate surface area is 57.5 Å². The van der Waals surface area contributed by atoms with Crippen LogP contribution in [0.15, 0.2) is 0 Å². The molecule has 2 nitrogen and oxygen atoms in total. The van der Waals surface area contributed by atoms with E-state index in [0.717, 1.165) is 25.9 Å². The maximum absolute atomic E-state index is 10.3. The predicted molar refractivity (Wildman–Crippen MR) is 37.7 cm³/mol. The van der Waals surface area contributed by atoms with Gasteiger partial charge in [-0.1, -0.05) is 13.8 Å². The molecule has 0 N–H and O–H groups in total. The highest BCUT2D eigenvalue weighted by atomic mass is 16.3. The van der Waals surface area contributed by atoms with E-state index < -0.39 is 0 Å². The Bertz CT molecular complexity index is 50.9. The highest BCUT2D eigenvalue weighted by Crippen LogP contribution is 1.90. The lowest BCUT2D eigenvalue weighted by Gasteiger charge is -2.15. The van der Waals surface area contributed by atoms with E-state index in [9.17, 15) is 5.11 Å². The van der Waals surface area contributed by atoms with Crippen molar-refractivity contribution in [2.75, 3.05) is 19.8 Å². The summed E-state index contributed by atoms with van der Waals surface area (Å²) in [7, 11) is 0. The molecule has 1 radical (unpaired) electrons. The number of hydrogen-bond acceptors (Lipinski definition) is 1. The molecule has 0 unspecified atom stereocenters. The summed E-state index contributed by atoms with van der Waals surface area (Å²) in [4.78, 5) is 1.93. The zero-order chi connectivity index (χ0) is 7.11. The van der Waals surface area contributed by atoms with Crippen molar-refractivity contribution >= 4 is 0 Å². The molecular formula is C7H16NO. The van der Waals surface area contributed by atoms with E-state index in [1.54, 1.807) is 0 Å². The molecule has 0 aliphatic rings.